The molecule has 1 aromatic carbocycles. The van der Waals surface area contributed by atoms with Crippen LogP contribution in [0.3, 0.4) is 0 Å². The first kappa shape index (κ1) is 24.3. The van der Waals surface area contributed by atoms with Crippen molar-refractivity contribution in [3.63, 3.8) is 0 Å². The summed E-state index contributed by atoms with van der Waals surface area (Å²) in [7, 11) is 1.64. The van der Waals surface area contributed by atoms with Gasteiger partial charge in [0.2, 0.25) is 0 Å². The number of methoxy groups -OCH3 is 1. The quantitative estimate of drug-likeness (QED) is 0.607. The predicted molar refractivity (Wildman–Crippen MR) is 132 cm³/mol. The van der Waals surface area contributed by atoms with Gasteiger partial charge in [-0.05, 0) is 49.6 Å². The highest BCUT2D eigenvalue weighted by Gasteiger charge is 2.42. The average Bonchev–Trinajstić information content (AvgIpc) is 3.42. The van der Waals surface area contributed by atoms with Gasteiger partial charge in [0, 0.05) is 25.2 Å². The molecule has 0 bridgehead atoms. The van der Waals surface area contributed by atoms with Gasteiger partial charge in [-0.2, -0.15) is 5.26 Å². The maximum Gasteiger partial charge on any atom is 0.254 e. The van der Waals surface area contributed by atoms with Crippen LogP contribution in [0.5, 0.6) is 11.5 Å². The van der Waals surface area contributed by atoms with Crippen LogP contribution in [0.2, 0.25) is 0 Å². The van der Waals surface area contributed by atoms with Crippen LogP contribution >= 0.6 is 0 Å². The van der Waals surface area contributed by atoms with E-state index in [1.165, 1.54) is 0 Å². The van der Waals surface area contributed by atoms with Crippen molar-refractivity contribution in [3.8, 4) is 17.6 Å². The predicted octanol–water partition coefficient (Wildman–Crippen LogP) is 2.94. The number of hydrogen-bond donors (Lipinski definition) is 0. The van der Waals surface area contributed by atoms with Crippen LogP contribution in [-0.2, 0) is 14.3 Å². The molecule has 4 heterocycles. The number of aromatic nitrogens is 1. The third kappa shape index (κ3) is 4.84. The van der Waals surface area contributed by atoms with Gasteiger partial charge in [-0.1, -0.05) is 13.0 Å². The molecule has 0 spiro atoms. The molecule has 2 unspecified atom stereocenters. The lowest BCUT2D eigenvalue weighted by Crippen LogP contribution is -2.54. The average molecular weight is 493 g/mol. The first-order chi connectivity index (χ1) is 17.3. The molecular formula is C27H32N4O5. The van der Waals surface area contributed by atoms with Gasteiger partial charge in [0.05, 0.1) is 32.4 Å². The van der Waals surface area contributed by atoms with Crippen LogP contribution in [0, 0.1) is 17.2 Å². The zero-order valence-corrected chi connectivity index (χ0v) is 21.1. The first-order valence-electron chi connectivity index (χ1n) is 12.3. The van der Waals surface area contributed by atoms with Gasteiger partial charge in [-0.15, -0.1) is 0 Å². The van der Waals surface area contributed by atoms with E-state index in [9.17, 15) is 4.79 Å². The van der Waals surface area contributed by atoms with Crippen LogP contribution in [0.25, 0.3) is 0 Å². The van der Waals surface area contributed by atoms with Gasteiger partial charge in [0.15, 0.2) is 23.4 Å². The van der Waals surface area contributed by atoms with Crippen molar-refractivity contribution in [1.29, 1.82) is 5.26 Å². The standard InChI is InChI=1S/C27H32N4O5/c1-17-12-31(26(32)24-16-34-27(2,3)36-24)15-21(17)19-6-7-22(33-4)23(9-19)35-20-13-30(14-20)25-8-5-18(10-28)11-29-25/h5-9,11,17,20-21,24H,12-16H2,1-4H3/t17?,21?,24-/m0/s1. The number of nitrogens with zero attached hydrogens (tertiary/aromatic N) is 4. The topological polar surface area (TPSA) is 97.2 Å². The maximum absolute atomic E-state index is 13.1. The van der Waals surface area contributed by atoms with Gasteiger partial charge >= 0.3 is 0 Å². The number of ether oxygens (including phenoxy) is 4. The van der Waals surface area contributed by atoms with Gasteiger partial charge in [0.1, 0.15) is 18.0 Å². The largest absolute Gasteiger partial charge is 0.493 e. The number of benzene rings is 1. The number of carbonyl (C=O) groups excluding carboxylic acids is 1. The van der Waals surface area contributed by atoms with Crippen molar-refractivity contribution in [2.75, 3.05) is 44.8 Å². The van der Waals surface area contributed by atoms with Crippen molar-refractivity contribution in [2.45, 2.75) is 44.7 Å². The molecule has 36 heavy (non-hydrogen) atoms. The molecule has 0 saturated carbocycles. The minimum Gasteiger partial charge on any atom is -0.493 e. The third-order valence-corrected chi connectivity index (χ3v) is 7.17. The summed E-state index contributed by atoms with van der Waals surface area (Å²) in [6.07, 6.45) is 1.04. The Bertz CT molecular complexity index is 1160. The van der Waals surface area contributed by atoms with Crippen LogP contribution in [-0.4, -0.2) is 73.7 Å². The van der Waals surface area contributed by atoms with E-state index in [2.05, 4.69) is 35.0 Å². The maximum atomic E-state index is 13.1. The summed E-state index contributed by atoms with van der Waals surface area (Å²) in [4.78, 5) is 21.4. The van der Waals surface area contributed by atoms with E-state index < -0.39 is 11.9 Å². The van der Waals surface area contributed by atoms with Crippen molar-refractivity contribution in [2.24, 2.45) is 5.92 Å². The van der Waals surface area contributed by atoms with Crippen LogP contribution < -0.4 is 14.4 Å². The second kappa shape index (κ2) is 9.60. The number of nitriles is 1. The van der Waals surface area contributed by atoms with Crippen molar-refractivity contribution < 1.29 is 23.7 Å². The molecule has 3 aliphatic heterocycles. The second-order valence-electron chi connectivity index (χ2n) is 10.2. The van der Waals surface area contributed by atoms with Crippen LogP contribution in [0.1, 0.15) is 37.8 Å². The summed E-state index contributed by atoms with van der Waals surface area (Å²) in [6, 6.07) is 11.8. The van der Waals surface area contributed by atoms with Gasteiger partial charge < -0.3 is 28.7 Å². The van der Waals surface area contributed by atoms with E-state index in [0.717, 1.165) is 11.4 Å². The Morgan fingerprint density at radius 2 is 1.97 bits per heavy atom. The lowest BCUT2D eigenvalue weighted by atomic mass is 9.90. The Labute approximate surface area is 211 Å². The number of anilines is 1. The summed E-state index contributed by atoms with van der Waals surface area (Å²) in [6.45, 7) is 8.84. The highest BCUT2D eigenvalue weighted by atomic mass is 16.7. The Morgan fingerprint density at radius 3 is 2.61 bits per heavy atom. The smallest absolute Gasteiger partial charge is 0.254 e. The molecule has 9 nitrogen and oxygen atoms in total. The molecule has 0 N–H and O–H groups in total. The van der Waals surface area contributed by atoms with Crippen molar-refractivity contribution in [1.82, 2.24) is 9.88 Å². The number of amides is 1. The van der Waals surface area contributed by atoms with Crippen LogP contribution in [0.4, 0.5) is 5.82 Å². The molecule has 2 aromatic rings. The van der Waals surface area contributed by atoms with E-state index in [4.69, 9.17) is 24.2 Å². The molecular weight excluding hydrogens is 460 g/mol. The molecule has 1 aromatic heterocycles. The van der Waals surface area contributed by atoms with Gasteiger partial charge in [-0.3, -0.25) is 4.79 Å². The minimum absolute atomic E-state index is 0.00791. The molecule has 3 fully saturated rings. The normalized spacial score (nSPS) is 25.4. The van der Waals surface area contributed by atoms with Crippen molar-refractivity contribution >= 4 is 11.7 Å². The Morgan fingerprint density at radius 1 is 1.17 bits per heavy atom. The molecule has 3 saturated heterocycles. The minimum atomic E-state index is -0.722. The lowest BCUT2D eigenvalue weighted by molar-refractivity contribution is -0.159. The number of pyridine rings is 1. The summed E-state index contributed by atoms with van der Waals surface area (Å²) in [5.74, 6) is 1.99. The molecule has 5 rings (SSSR count). The van der Waals surface area contributed by atoms with E-state index in [1.807, 2.05) is 30.9 Å². The number of rotatable bonds is 6. The summed E-state index contributed by atoms with van der Waals surface area (Å²) < 4.78 is 23.3. The summed E-state index contributed by atoms with van der Waals surface area (Å²) in [5, 5.41) is 8.96. The molecule has 0 aliphatic carbocycles. The zero-order chi connectivity index (χ0) is 25.4. The third-order valence-electron chi connectivity index (χ3n) is 7.17. The van der Waals surface area contributed by atoms with E-state index in [1.54, 1.807) is 19.4 Å². The fourth-order valence-corrected chi connectivity index (χ4v) is 5.13. The Hall–Kier alpha value is -3.35. The SMILES string of the molecule is COc1ccc(C2CN(C(=O)[C@@H]3COC(C)(C)O3)CC2C)cc1OC1CN(c2ccc(C#N)cn2)C1. The fourth-order valence-electron chi connectivity index (χ4n) is 5.13. The van der Waals surface area contributed by atoms with Gasteiger partial charge in [-0.25, -0.2) is 4.98 Å². The molecule has 190 valence electrons. The fraction of sp³-hybridized carbons (Fsp3) is 0.519. The lowest BCUT2D eigenvalue weighted by Gasteiger charge is -2.40. The monoisotopic (exact) mass is 492 g/mol. The summed E-state index contributed by atoms with van der Waals surface area (Å²) >= 11 is 0. The second-order valence-corrected chi connectivity index (χ2v) is 10.2. The highest BCUT2D eigenvalue weighted by Crippen LogP contribution is 2.39. The Balaban J connectivity index is 1.23. The van der Waals surface area contributed by atoms with E-state index in [-0.39, 0.29) is 24.5 Å². The van der Waals surface area contributed by atoms with Crippen LogP contribution in [0.15, 0.2) is 36.5 Å². The first-order valence-corrected chi connectivity index (χ1v) is 12.3. The molecule has 3 aliphatic rings. The number of hydrogen-bond acceptors (Lipinski definition) is 8. The number of likely N-dealkylation sites (tertiary alicyclic amines) is 1. The number of carbonyl (C=O) groups is 1. The molecule has 1 amide bonds. The van der Waals surface area contributed by atoms with E-state index in [0.29, 0.717) is 49.2 Å². The molecule has 3 atom stereocenters. The summed E-state index contributed by atoms with van der Waals surface area (Å²) in [5.41, 5.74) is 1.67. The van der Waals surface area contributed by atoms with Crippen molar-refractivity contribution in [3.05, 3.63) is 47.7 Å². The zero-order valence-electron chi connectivity index (χ0n) is 21.1. The molecule has 9 heteroatoms. The Kier molecular flexibility index (Phi) is 6.49. The molecule has 0 radical (unpaired) electrons. The highest BCUT2D eigenvalue weighted by molar-refractivity contribution is 5.81. The van der Waals surface area contributed by atoms with Gasteiger partial charge in [0.25, 0.3) is 5.91 Å². The van der Waals surface area contributed by atoms with E-state index >= 15 is 0 Å².